The van der Waals surface area contributed by atoms with E-state index in [0.29, 0.717) is 6.61 Å². The quantitative estimate of drug-likeness (QED) is 0.356. The Morgan fingerprint density at radius 2 is 1.87 bits per heavy atom. The lowest BCUT2D eigenvalue weighted by Crippen LogP contribution is -2.27. The molecule has 15 heavy (non-hydrogen) atoms. The number of ether oxygens (including phenoxy) is 3. The van der Waals surface area contributed by atoms with Gasteiger partial charge in [-0.1, -0.05) is 13.2 Å². The zero-order valence-electron chi connectivity index (χ0n) is 8.60. The molecule has 1 unspecified atom stereocenters. The molecule has 0 spiro atoms. The fourth-order valence-corrected chi connectivity index (χ4v) is 0.689. The molecule has 0 aliphatic carbocycles. The summed E-state index contributed by atoms with van der Waals surface area (Å²) in [5, 5.41) is 0. The Morgan fingerprint density at radius 3 is 2.33 bits per heavy atom. The van der Waals surface area contributed by atoms with Gasteiger partial charge in [-0.15, -0.1) is 0 Å². The highest BCUT2D eigenvalue weighted by atomic mass is 16.7. The molecule has 0 bridgehead atoms. The van der Waals surface area contributed by atoms with Crippen LogP contribution in [-0.4, -0.2) is 31.4 Å². The van der Waals surface area contributed by atoms with E-state index in [1.807, 2.05) is 0 Å². The van der Waals surface area contributed by atoms with Gasteiger partial charge in [-0.25, -0.2) is 9.59 Å². The molecule has 0 N–H and O–H groups in total. The third-order valence-corrected chi connectivity index (χ3v) is 1.30. The van der Waals surface area contributed by atoms with Gasteiger partial charge in [0.2, 0.25) is 6.29 Å². The third-order valence-electron chi connectivity index (χ3n) is 1.30. The van der Waals surface area contributed by atoms with Crippen molar-refractivity contribution in [1.82, 2.24) is 0 Å². The Hall–Kier alpha value is -1.62. The maximum absolute atomic E-state index is 10.8. The minimum Gasteiger partial charge on any atom is -0.456 e. The Balaban J connectivity index is 4.02. The second kappa shape index (κ2) is 7.75. The van der Waals surface area contributed by atoms with E-state index in [9.17, 15) is 9.59 Å². The highest BCUT2D eigenvalue weighted by Gasteiger charge is 2.14. The molecule has 0 heterocycles. The van der Waals surface area contributed by atoms with Crippen molar-refractivity contribution >= 4 is 11.9 Å². The van der Waals surface area contributed by atoms with Crippen molar-refractivity contribution in [1.29, 1.82) is 0 Å². The van der Waals surface area contributed by atoms with Crippen LogP contribution in [0.15, 0.2) is 25.3 Å². The summed E-state index contributed by atoms with van der Waals surface area (Å²) in [7, 11) is 0. The van der Waals surface area contributed by atoms with Gasteiger partial charge >= 0.3 is 11.9 Å². The lowest BCUT2D eigenvalue weighted by Gasteiger charge is -2.15. The molecule has 0 aromatic carbocycles. The lowest BCUT2D eigenvalue weighted by atomic mass is 10.6. The fraction of sp³-hybridized carbons (Fsp3) is 0.400. The van der Waals surface area contributed by atoms with E-state index in [-0.39, 0.29) is 6.61 Å². The zero-order chi connectivity index (χ0) is 11.7. The van der Waals surface area contributed by atoms with Gasteiger partial charge in [0.1, 0.15) is 0 Å². The predicted molar refractivity (Wildman–Crippen MR) is 52.9 cm³/mol. The second-order valence-electron chi connectivity index (χ2n) is 2.36. The van der Waals surface area contributed by atoms with E-state index in [1.165, 1.54) is 0 Å². The van der Waals surface area contributed by atoms with E-state index < -0.39 is 18.2 Å². The molecule has 0 saturated carbocycles. The van der Waals surface area contributed by atoms with Gasteiger partial charge in [0.25, 0.3) is 0 Å². The van der Waals surface area contributed by atoms with Gasteiger partial charge < -0.3 is 14.2 Å². The predicted octanol–water partition coefficient (Wildman–Crippen LogP) is 0.807. The lowest BCUT2D eigenvalue weighted by molar-refractivity contribution is -0.187. The van der Waals surface area contributed by atoms with Crippen LogP contribution < -0.4 is 0 Å². The molecule has 0 aliphatic rings. The summed E-state index contributed by atoms with van der Waals surface area (Å²) < 4.78 is 14.4. The Morgan fingerprint density at radius 1 is 1.27 bits per heavy atom. The molecule has 1 atom stereocenters. The first-order valence-corrected chi connectivity index (χ1v) is 4.37. The summed E-state index contributed by atoms with van der Waals surface area (Å²) in [5.74, 6) is -1.24. The van der Waals surface area contributed by atoms with E-state index in [0.717, 1.165) is 12.2 Å². The van der Waals surface area contributed by atoms with Gasteiger partial charge in [0, 0.05) is 18.8 Å². The third kappa shape index (κ3) is 6.45. The first-order chi connectivity index (χ1) is 7.13. The topological polar surface area (TPSA) is 61.8 Å². The standard InChI is InChI=1S/C10H14O5/c1-4-8(11)14-7-10(13-6-3)15-9(12)5-2/h4-5,10H,1-2,6-7H2,3H3. The van der Waals surface area contributed by atoms with Crippen LogP contribution in [0.4, 0.5) is 0 Å². The monoisotopic (exact) mass is 214 g/mol. The van der Waals surface area contributed by atoms with Gasteiger partial charge in [0.15, 0.2) is 6.61 Å². The minimum absolute atomic E-state index is 0.168. The largest absolute Gasteiger partial charge is 0.456 e. The van der Waals surface area contributed by atoms with E-state index in [1.54, 1.807) is 6.92 Å². The number of rotatable bonds is 7. The molecule has 0 radical (unpaired) electrons. The smallest absolute Gasteiger partial charge is 0.332 e. The van der Waals surface area contributed by atoms with Crippen molar-refractivity contribution in [3.8, 4) is 0 Å². The Labute approximate surface area is 88.3 Å². The summed E-state index contributed by atoms with van der Waals surface area (Å²) in [4.78, 5) is 21.5. The van der Waals surface area contributed by atoms with E-state index in [4.69, 9.17) is 9.47 Å². The van der Waals surface area contributed by atoms with E-state index >= 15 is 0 Å². The molecular weight excluding hydrogens is 200 g/mol. The molecule has 0 fully saturated rings. The number of hydrogen-bond acceptors (Lipinski definition) is 5. The van der Waals surface area contributed by atoms with Crippen LogP contribution in [0.2, 0.25) is 0 Å². The molecule has 0 rings (SSSR count). The maximum Gasteiger partial charge on any atom is 0.332 e. The fourth-order valence-electron chi connectivity index (χ4n) is 0.689. The number of esters is 2. The first-order valence-electron chi connectivity index (χ1n) is 4.37. The molecule has 0 amide bonds. The summed E-state index contributed by atoms with van der Waals surface area (Å²) in [5.41, 5.74) is 0. The average molecular weight is 214 g/mol. The van der Waals surface area contributed by atoms with Gasteiger partial charge in [-0.05, 0) is 6.92 Å². The highest BCUT2D eigenvalue weighted by Crippen LogP contribution is 1.98. The summed E-state index contributed by atoms with van der Waals surface area (Å²) in [6.07, 6.45) is 1.10. The molecule has 0 saturated heterocycles. The van der Waals surface area contributed by atoms with Crippen LogP contribution in [0.3, 0.4) is 0 Å². The van der Waals surface area contributed by atoms with Gasteiger partial charge in [-0.3, -0.25) is 0 Å². The maximum atomic E-state index is 10.8. The summed E-state index contributed by atoms with van der Waals surface area (Å²) >= 11 is 0. The van der Waals surface area contributed by atoms with Crippen LogP contribution >= 0.6 is 0 Å². The van der Waals surface area contributed by atoms with Crippen molar-refractivity contribution in [2.24, 2.45) is 0 Å². The first kappa shape index (κ1) is 13.4. The average Bonchev–Trinajstić information content (AvgIpc) is 2.25. The number of carbonyl (C=O) groups is 2. The van der Waals surface area contributed by atoms with Crippen molar-refractivity contribution in [3.63, 3.8) is 0 Å². The molecule has 5 nitrogen and oxygen atoms in total. The van der Waals surface area contributed by atoms with Gasteiger partial charge in [0.05, 0.1) is 0 Å². The highest BCUT2D eigenvalue weighted by molar-refractivity contribution is 5.82. The number of carbonyl (C=O) groups excluding carboxylic acids is 2. The van der Waals surface area contributed by atoms with Crippen molar-refractivity contribution in [2.45, 2.75) is 13.2 Å². The molecular formula is C10H14O5. The zero-order valence-corrected chi connectivity index (χ0v) is 8.60. The van der Waals surface area contributed by atoms with Crippen molar-refractivity contribution in [2.75, 3.05) is 13.2 Å². The van der Waals surface area contributed by atoms with Crippen molar-refractivity contribution in [3.05, 3.63) is 25.3 Å². The molecule has 84 valence electrons. The van der Waals surface area contributed by atoms with Crippen LogP contribution in [0.5, 0.6) is 0 Å². The van der Waals surface area contributed by atoms with E-state index in [2.05, 4.69) is 17.9 Å². The molecule has 0 aromatic heterocycles. The molecule has 0 aromatic rings. The van der Waals surface area contributed by atoms with Crippen molar-refractivity contribution < 1.29 is 23.8 Å². The summed E-state index contributed by atoms with van der Waals surface area (Å²) in [6, 6.07) is 0. The number of hydrogen-bond donors (Lipinski definition) is 0. The SMILES string of the molecule is C=CC(=O)OCC(OCC)OC(=O)C=C. The van der Waals surface area contributed by atoms with Crippen LogP contribution in [0, 0.1) is 0 Å². The van der Waals surface area contributed by atoms with Crippen LogP contribution in [0.25, 0.3) is 0 Å². The Kier molecular flexibility index (Phi) is 6.92. The van der Waals surface area contributed by atoms with Gasteiger partial charge in [-0.2, -0.15) is 0 Å². The molecule has 0 aliphatic heterocycles. The minimum atomic E-state index is -0.913. The van der Waals surface area contributed by atoms with Crippen LogP contribution in [-0.2, 0) is 23.8 Å². The second-order valence-corrected chi connectivity index (χ2v) is 2.36. The van der Waals surface area contributed by atoms with Crippen LogP contribution in [0.1, 0.15) is 6.92 Å². The Bertz CT molecular complexity index is 246. The normalized spacial score (nSPS) is 11.3. The summed E-state index contributed by atoms with van der Waals surface area (Å²) in [6.45, 7) is 8.35. The molecule has 5 heteroatoms.